The molecule has 1 aliphatic carbocycles. The lowest BCUT2D eigenvalue weighted by Gasteiger charge is -2.29. The molecule has 1 fully saturated rings. The van der Waals surface area contributed by atoms with E-state index in [1.54, 1.807) is 12.1 Å². The van der Waals surface area contributed by atoms with Gasteiger partial charge in [0, 0.05) is 31.0 Å². The smallest absolute Gasteiger partial charge is 0.141 e. The number of aryl methyl sites for hydroxylation is 1. The highest BCUT2D eigenvalue weighted by molar-refractivity contribution is 6.30. The zero-order valence-electron chi connectivity index (χ0n) is 21.6. The lowest BCUT2D eigenvalue weighted by atomic mass is 9.81. The summed E-state index contributed by atoms with van der Waals surface area (Å²) in [7, 11) is 1.50. The van der Waals surface area contributed by atoms with Crippen LogP contribution in [0.3, 0.4) is 0 Å². The van der Waals surface area contributed by atoms with Gasteiger partial charge in [-0.25, -0.2) is 19.8 Å². The summed E-state index contributed by atoms with van der Waals surface area (Å²) < 4.78 is 13.4. The minimum Gasteiger partial charge on any atom is -0.391 e. The number of halogens is 2. The van der Waals surface area contributed by atoms with Gasteiger partial charge >= 0.3 is 0 Å². The van der Waals surface area contributed by atoms with E-state index in [2.05, 4.69) is 26.3 Å². The fourth-order valence-corrected chi connectivity index (χ4v) is 4.35. The SMILES string of the molecule is C=O.CCC=O.CN.Cc1nc(Cc2ccc(F)c(Cl)c2)cc(C2=NOC(C3CCC(NO)CC3)C2)n1. The first-order valence-corrected chi connectivity index (χ1v) is 12.5. The van der Waals surface area contributed by atoms with Crippen LogP contribution in [-0.2, 0) is 20.8 Å². The first-order valence-electron chi connectivity index (χ1n) is 12.1. The standard InChI is InChI=1S/C21H24ClFN4O2.C3H6O.CH5N.CH2O/c1-12-24-16(8-13-2-7-18(23)17(22)9-13)10-19(25-12)20-11-21(29-27-20)14-3-5-15(26-28)6-4-14;1-2-3-4;2*1-2/h2,7,9-10,14-15,21,26,28H,3-6,8,11H2,1H3;3H,2H2,1H3;2H2,1H3;1H2. The number of oxime groups is 1. The van der Waals surface area contributed by atoms with Crippen molar-refractivity contribution in [3.05, 3.63) is 57.9 Å². The first-order chi connectivity index (χ1) is 17.9. The molecule has 2 aromatic rings. The zero-order chi connectivity index (χ0) is 27.8. The largest absolute Gasteiger partial charge is 0.391 e. The molecular weight excluding hydrogens is 501 g/mol. The summed E-state index contributed by atoms with van der Waals surface area (Å²) in [6.45, 7) is 5.66. The molecule has 0 bridgehead atoms. The Labute approximate surface area is 222 Å². The monoisotopic (exact) mass is 537 g/mol. The number of hydroxylamine groups is 1. The van der Waals surface area contributed by atoms with E-state index in [4.69, 9.17) is 26.4 Å². The summed E-state index contributed by atoms with van der Waals surface area (Å²) in [4.78, 5) is 32.0. The van der Waals surface area contributed by atoms with Crippen molar-refractivity contribution in [3.63, 3.8) is 0 Å². The van der Waals surface area contributed by atoms with E-state index in [1.807, 2.05) is 26.7 Å². The van der Waals surface area contributed by atoms with Crippen molar-refractivity contribution < 1.29 is 24.0 Å². The molecule has 204 valence electrons. The molecule has 2 heterocycles. The Morgan fingerprint density at radius 2 is 1.86 bits per heavy atom. The molecule has 0 saturated heterocycles. The third-order valence-corrected chi connectivity index (χ3v) is 6.19. The highest BCUT2D eigenvalue weighted by atomic mass is 35.5. The van der Waals surface area contributed by atoms with Crippen LogP contribution in [0.5, 0.6) is 0 Å². The van der Waals surface area contributed by atoms with Gasteiger partial charge in [0.15, 0.2) is 0 Å². The van der Waals surface area contributed by atoms with Crippen LogP contribution < -0.4 is 11.2 Å². The third kappa shape index (κ3) is 10.2. The topological polar surface area (TPSA) is 140 Å². The average Bonchev–Trinajstić information content (AvgIpc) is 3.43. The van der Waals surface area contributed by atoms with E-state index in [0.29, 0.717) is 24.6 Å². The van der Waals surface area contributed by atoms with Gasteiger partial charge in [-0.05, 0) is 69.3 Å². The Morgan fingerprint density at radius 3 is 2.43 bits per heavy atom. The van der Waals surface area contributed by atoms with Crippen molar-refractivity contribution in [1.29, 1.82) is 0 Å². The summed E-state index contributed by atoms with van der Waals surface area (Å²) in [6.07, 6.45) is 6.71. The predicted molar refractivity (Wildman–Crippen MR) is 141 cm³/mol. The minimum atomic E-state index is -0.428. The molecule has 1 unspecified atom stereocenters. The van der Waals surface area contributed by atoms with Crippen molar-refractivity contribution in [3.8, 4) is 0 Å². The van der Waals surface area contributed by atoms with Crippen LogP contribution in [0.15, 0.2) is 29.4 Å². The maximum absolute atomic E-state index is 13.4. The highest BCUT2D eigenvalue weighted by Crippen LogP contribution is 2.33. The van der Waals surface area contributed by atoms with Crippen molar-refractivity contribution in [2.24, 2.45) is 16.8 Å². The molecule has 4 rings (SSSR count). The van der Waals surface area contributed by atoms with Gasteiger partial charge in [-0.1, -0.05) is 29.7 Å². The molecule has 1 aromatic heterocycles. The maximum Gasteiger partial charge on any atom is 0.141 e. The summed E-state index contributed by atoms with van der Waals surface area (Å²) in [5.74, 6) is 0.665. The number of hydrogen-bond acceptors (Lipinski definition) is 9. The van der Waals surface area contributed by atoms with Crippen LogP contribution in [0.2, 0.25) is 5.02 Å². The Kier molecular flexibility index (Phi) is 15.4. The number of benzene rings is 1. The number of nitrogens with zero attached hydrogens (tertiary/aromatic N) is 3. The normalized spacial score (nSPS) is 20.0. The van der Waals surface area contributed by atoms with Gasteiger partial charge in [0.2, 0.25) is 0 Å². The summed E-state index contributed by atoms with van der Waals surface area (Å²) >= 11 is 5.89. The molecule has 0 amide bonds. The minimum absolute atomic E-state index is 0.0549. The molecule has 0 spiro atoms. The Hall–Kier alpha value is -2.79. The number of aromatic nitrogens is 2. The molecule has 1 aliphatic heterocycles. The lowest BCUT2D eigenvalue weighted by Crippen LogP contribution is -2.34. The van der Waals surface area contributed by atoms with Crippen LogP contribution in [0.25, 0.3) is 0 Å². The van der Waals surface area contributed by atoms with E-state index in [0.717, 1.165) is 61.1 Å². The number of nitrogens with two attached hydrogens (primary N) is 1. The quantitative estimate of drug-likeness (QED) is 0.368. The van der Waals surface area contributed by atoms with Crippen LogP contribution in [0, 0.1) is 18.7 Å². The molecular formula is C26H37ClFN5O4. The number of nitrogens with one attached hydrogen (secondary N) is 1. The maximum atomic E-state index is 13.4. The fourth-order valence-electron chi connectivity index (χ4n) is 4.15. The second-order valence-corrected chi connectivity index (χ2v) is 8.83. The van der Waals surface area contributed by atoms with Crippen molar-refractivity contribution >= 4 is 30.4 Å². The van der Waals surface area contributed by atoms with Gasteiger partial charge in [-0.15, -0.1) is 0 Å². The van der Waals surface area contributed by atoms with Gasteiger partial charge in [-0.3, -0.25) is 0 Å². The summed E-state index contributed by atoms with van der Waals surface area (Å²) in [5, 5.41) is 13.5. The molecule has 37 heavy (non-hydrogen) atoms. The lowest BCUT2D eigenvalue weighted by molar-refractivity contribution is -0.107. The molecule has 1 saturated carbocycles. The van der Waals surface area contributed by atoms with Gasteiger partial charge in [0.05, 0.1) is 10.7 Å². The van der Waals surface area contributed by atoms with Gasteiger partial charge in [0.25, 0.3) is 0 Å². The Morgan fingerprint density at radius 1 is 1.22 bits per heavy atom. The molecule has 9 nitrogen and oxygen atoms in total. The van der Waals surface area contributed by atoms with E-state index in [1.165, 1.54) is 13.1 Å². The van der Waals surface area contributed by atoms with Crippen LogP contribution >= 0.6 is 11.6 Å². The average molecular weight is 538 g/mol. The van der Waals surface area contributed by atoms with E-state index < -0.39 is 5.82 Å². The molecule has 11 heteroatoms. The van der Waals surface area contributed by atoms with Crippen molar-refractivity contribution in [2.75, 3.05) is 7.05 Å². The molecule has 4 N–H and O–H groups in total. The second-order valence-electron chi connectivity index (χ2n) is 8.42. The van der Waals surface area contributed by atoms with E-state index in [-0.39, 0.29) is 17.2 Å². The van der Waals surface area contributed by atoms with E-state index >= 15 is 0 Å². The Bertz CT molecular complexity index is 1000. The highest BCUT2D eigenvalue weighted by Gasteiger charge is 2.33. The van der Waals surface area contributed by atoms with Gasteiger partial charge in [0.1, 0.15) is 36.5 Å². The number of rotatable bonds is 6. The number of aldehydes is 1. The van der Waals surface area contributed by atoms with Crippen LogP contribution in [0.1, 0.15) is 68.2 Å². The van der Waals surface area contributed by atoms with Crippen LogP contribution in [0.4, 0.5) is 4.39 Å². The first kappa shape index (κ1) is 32.2. The zero-order valence-corrected chi connectivity index (χ0v) is 22.4. The fraction of sp³-hybridized carbons (Fsp3) is 0.500. The van der Waals surface area contributed by atoms with Crippen LogP contribution in [-0.4, -0.2) is 53.2 Å². The summed E-state index contributed by atoms with van der Waals surface area (Å²) in [6, 6.07) is 6.80. The van der Waals surface area contributed by atoms with Gasteiger partial charge < -0.3 is 25.4 Å². The van der Waals surface area contributed by atoms with E-state index in [9.17, 15) is 9.18 Å². The molecule has 1 aromatic carbocycles. The summed E-state index contributed by atoms with van der Waals surface area (Å²) in [5.41, 5.74) is 10.2. The number of carbonyl (C=O) groups excluding carboxylic acids is 2. The molecule has 2 aliphatic rings. The predicted octanol–water partition coefficient (Wildman–Crippen LogP) is 4.18. The number of hydrogen-bond donors (Lipinski definition) is 3. The Balaban J connectivity index is 0.000000767. The van der Waals surface area contributed by atoms with Crippen molar-refractivity contribution in [1.82, 2.24) is 15.4 Å². The number of carbonyl (C=O) groups is 2. The van der Waals surface area contributed by atoms with Gasteiger partial charge in [-0.2, -0.15) is 0 Å². The molecule has 1 atom stereocenters. The second kappa shape index (κ2) is 17.6. The molecule has 0 radical (unpaired) electrons. The third-order valence-electron chi connectivity index (χ3n) is 5.90. The van der Waals surface area contributed by atoms with Crippen molar-refractivity contribution in [2.45, 2.75) is 70.9 Å².